The summed E-state index contributed by atoms with van der Waals surface area (Å²) in [6, 6.07) is 0. The van der Waals surface area contributed by atoms with Crippen molar-refractivity contribution in [3.63, 3.8) is 0 Å². The first-order valence-electron chi connectivity index (χ1n) is 49.0. The molecule has 3 N–H and O–H groups in total. The lowest BCUT2D eigenvalue weighted by Gasteiger charge is -2.21. The summed E-state index contributed by atoms with van der Waals surface area (Å²) in [7, 11) is -9.94. The molecular formula is C95H186O17P2. The van der Waals surface area contributed by atoms with Crippen LogP contribution in [0.3, 0.4) is 0 Å². The maximum atomic E-state index is 13.2. The summed E-state index contributed by atoms with van der Waals surface area (Å²) in [6.45, 7) is 9.76. The summed E-state index contributed by atoms with van der Waals surface area (Å²) in [5.74, 6) is -0.496. The molecule has 0 bridgehead atoms. The lowest BCUT2D eigenvalue weighted by atomic mass is 9.99. The van der Waals surface area contributed by atoms with Crippen molar-refractivity contribution in [2.45, 2.75) is 535 Å². The van der Waals surface area contributed by atoms with E-state index in [9.17, 15) is 43.2 Å². The van der Waals surface area contributed by atoms with Crippen LogP contribution in [0.15, 0.2) is 0 Å². The molecule has 0 aromatic carbocycles. The molecule has 0 spiro atoms. The summed E-state index contributed by atoms with van der Waals surface area (Å²) in [5.41, 5.74) is 0. The van der Waals surface area contributed by atoms with Crippen LogP contribution in [0.1, 0.15) is 517 Å². The van der Waals surface area contributed by atoms with Crippen LogP contribution in [0.4, 0.5) is 0 Å². The van der Waals surface area contributed by atoms with E-state index in [1.165, 1.54) is 334 Å². The number of rotatable bonds is 94. The fourth-order valence-electron chi connectivity index (χ4n) is 15.0. The van der Waals surface area contributed by atoms with Gasteiger partial charge in [-0.15, -0.1) is 0 Å². The Morgan fingerprint density at radius 1 is 0.254 bits per heavy atom. The first-order chi connectivity index (χ1) is 55.4. The van der Waals surface area contributed by atoms with E-state index in [0.29, 0.717) is 25.7 Å². The number of esters is 4. The fourth-order valence-corrected chi connectivity index (χ4v) is 16.6. The lowest BCUT2D eigenvalue weighted by molar-refractivity contribution is -0.161. The minimum atomic E-state index is -4.97. The Kier molecular flexibility index (Phi) is 84.6. The zero-order valence-corrected chi connectivity index (χ0v) is 77.2. The molecule has 3 unspecified atom stereocenters. The summed E-state index contributed by atoms with van der Waals surface area (Å²) in [5, 5.41) is 10.7. The number of hydrogen-bond acceptors (Lipinski definition) is 15. The quantitative estimate of drug-likeness (QED) is 0.0222. The van der Waals surface area contributed by atoms with Crippen molar-refractivity contribution in [3.05, 3.63) is 0 Å². The lowest BCUT2D eigenvalue weighted by Crippen LogP contribution is -2.30. The van der Waals surface area contributed by atoms with Gasteiger partial charge in [0.1, 0.15) is 19.3 Å². The van der Waals surface area contributed by atoms with Gasteiger partial charge < -0.3 is 33.8 Å². The third-order valence-corrected chi connectivity index (χ3v) is 24.7. The largest absolute Gasteiger partial charge is 0.472 e. The molecule has 0 aliphatic heterocycles. The van der Waals surface area contributed by atoms with Gasteiger partial charge in [-0.1, -0.05) is 465 Å². The molecule has 0 rings (SSSR count). The van der Waals surface area contributed by atoms with Crippen LogP contribution in [-0.4, -0.2) is 96.7 Å². The number of aliphatic hydroxyl groups is 1. The van der Waals surface area contributed by atoms with Crippen molar-refractivity contribution >= 4 is 39.5 Å². The van der Waals surface area contributed by atoms with Gasteiger partial charge in [0.15, 0.2) is 12.2 Å². The molecule has 114 heavy (non-hydrogen) atoms. The number of carbonyl (C=O) groups is 4. The van der Waals surface area contributed by atoms with Crippen LogP contribution in [0.25, 0.3) is 0 Å². The van der Waals surface area contributed by atoms with Gasteiger partial charge in [0.2, 0.25) is 0 Å². The molecule has 0 aliphatic carbocycles. The predicted octanol–water partition coefficient (Wildman–Crippen LogP) is 29.7. The van der Waals surface area contributed by atoms with Crippen molar-refractivity contribution in [1.82, 2.24) is 0 Å². The average Bonchev–Trinajstić information content (AvgIpc) is 0.897. The van der Waals surface area contributed by atoms with Crippen LogP contribution >= 0.6 is 15.6 Å². The molecule has 0 saturated heterocycles. The molecule has 17 nitrogen and oxygen atoms in total. The zero-order valence-electron chi connectivity index (χ0n) is 75.4. The molecule has 6 atom stereocenters. The zero-order chi connectivity index (χ0) is 83.4. The van der Waals surface area contributed by atoms with E-state index in [0.717, 1.165) is 102 Å². The van der Waals surface area contributed by atoms with Gasteiger partial charge in [-0.2, -0.15) is 0 Å². The molecule has 0 heterocycles. The summed E-state index contributed by atoms with van der Waals surface area (Å²) < 4.78 is 69.2. The molecule has 19 heteroatoms. The van der Waals surface area contributed by atoms with Crippen LogP contribution < -0.4 is 0 Å². The first-order valence-corrected chi connectivity index (χ1v) is 52.0. The van der Waals surface area contributed by atoms with E-state index in [1.54, 1.807) is 0 Å². The normalized spacial score (nSPS) is 13.9. The molecule has 0 aromatic heterocycles. The Morgan fingerprint density at radius 3 is 0.667 bits per heavy atom. The average molecular weight is 1660 g/mol. The number of phosphoric acid groups is 2. The Hall–Kier alpha value is -1.94. The minimum absolute atomic E-state index is 0.109. The third-order valence-electron chi connectivity index (χ3n) is 22.8. The van der Waals surface area contributed by atoms with Crippen molar-refractivity contribution in [2.75, 3.05) is 39.6 Å². The van der Waals surface area contributed by atoms with Crippen molar-refractivity contribution in [1.29, 1.82) is 0 Å². The Labute approximate surface area is 702 Å². The van der Waals surface area contributed by atoms with Crippen molar-refractivity contribution in [3.8, 4) is 0 Å². The molecular weight excluding hydrogens is 1470 g/mol. The standard InChI is InChI=1S/C95H186O17P2/c1-7-10-12-14-16-18-20-22-24-26-28-29-30-32-36-40-44-48-52-59-65-71-77-92(97)105-83-90(111-94(99)79-73-68-62-54-50-46-42-38-34-33-35-39-43-47-51-58-64-70-76-88(6)9-3)85-109-113(101,102)107-81-89(96)82-108-114(103,104)110-86-91(84-106-93(98)78-72-66-60-56-55-57-63-69-75-87(4)5)112-95(100)80-74-67-61-53-49-45-41-37-31-27-25-23-21-19-17-15-13-11-8-2/h87-91,96H,7-86H2,1-6H3,(H,101,102)(H,103,104)/t88?,89-,90-,91-/m1/s1. The Bertz CT molecular complexity index is 2170. The molecule has 0 aromatic rings. The van der Waals surface area contributed by atoms with Crippen LogP contribution in [0.5, 0.6) is 0 Å². The first kappa shape index (κ1) is 112. The van der Waals surface area contributed by atoms with E-state index in [4.69, 9.17) is 37.0 Å². The number of hydrogen-bond donors (Lipinski definition) is 3. The second-order valence-electron chi connectivity index (χ2n) is 34.8. The predicted molar refractivity (Wildman–Crippen MR) is 474 cm³/mol. The highest BCUT2D eigenvalue weighted by Gasteiger charge is 2.31. The SMILES string of the molecule is CCCCCCCCCCCCCCCCCCCCCCCCC(=O)OC[C@H](COP(=O)(O)OC[C@@H](O)COP(=O)(O)OC[C@@H](COC(=O)CCCCCCCCCCC(C)C)OC(=O)CCCCCCCCCCCCCCCCCCCCC)OC(=O)CCCCCCCCCCCCCCCCCCCCC(C)CC. The topological polar surface area (TPSA) is 237 Å². The van der Waals surface area contributed by atoms with Gasteiger partial charge in [0.05, 0.1) is 26.4 Å². The highest BCUT2D eigenvalue weighted by Crippen LogP contribution is 2.45. The molecule has 0 radical (unpaired) electrons. The fraction of sp³-hybridized carbons (Fsp3) is 0.958. The molecule has 0 aliphatic rings. The van der Waals surface area contributed by atoms with Crippen molar-refractivity contribution in [2.24, 2.45) is 11.8 Å². The van der Waals surface area contributed by atoms with Gasteiger partial charge in [-0.05, 0) is 37.5 Å². The second-order valence-corrected chi connectivity index (χ2v) is 37.7. The number of carbonyl (C=O) groups excluding carboxylic acids is 4. The van der Waals surface area contributed by atoms with Gasteiger partial charge in [0, 0.05) is 25.7 Å². The highest BCUT2D eigenvalue weighted by atomic mass is 31.2. The summed E-state index contributed by atoms with van der Waals surface area (Å²) in [4.78, 5) is 73.5. The van der Waals surface area contributed by atoms with Gasteiger partial charge in [0.25, 0.3) is 0 Å². The number of aliphatic hydroxyl groups excluding tert-OH is 1. The molecule has 678 valence electrons. The monoisotopic (exact) mass is 1660 g/mol. The molecule has 0 amide bonds. The summed E-state index contributed by atoms with van der Waals surface area (Å²) in [6.07, 6.45) is 82.2. The third kappa shape index (κ3) is 86.4. The number of unbranched alkanes of at least 4 members (excludes halogenated alkanes) is 63. The second kappa shape index (κ2) is 86.0. The minimum Gasteiger partial charge on any atom is -0.462 e. The van der Waals surface area contributed by atoms with Crippen molar-refractivity contribution < 1.29 is 80.2 Å². The Balaban J connectivity index is 5.22. The maximum absolute atomic E-state index is 13.2. The number of ether oxygens (including phenoxy) is 4. The molecule has 0 fully saturated rings. The number of phosphoric ester groups is 2. The van der Waals surface area contributed by atoms with E-state index >= 15 is 0 Å². The van der Waals surface area contributed by atoms with Gasteiger partial charge in [-0.25, -0.2) is 9.13 Å². The smallest absolute Gasteiger partial charge is 0.462 e. The van der Waals surface area contributed by atoms with E-state index < -0.39 is 97.5 Å². The van der Waals surface area contributed by atoms with Gasteiger partial charge >= 0.3 is 39.5 Å². The summed E-state index contributed by atoms with van der Waals surface area (Å²) >= 11 is 0. The molecule has 0 saturated carbocycles. The van der Waals surface area contributed by atoms with Crippen LogP contribution in [-0.2, 0) is 65.4 Å². The highest BCUT2D eigenvalue weighted by molar-refractivity contribution is 7.47. The van der Waals surface area contributed by atoms with Crippen LogP contribution in [0, 0.1) is 11.8 Å². The van der Waals surface area contributed by atoms with Crippen LogP contribution in [0.2, 0.25) is 0 Å². The Morgan fingerprint density at radius 2 is 0.447 bits per heavy atom. The van der Waals surface area contributed by atoms with E-state index in [2.05, 4.69) is 41.5 Å². The maximum Gasteiger partial charge on any atom is 0.472 e. The van der Waals surface area contributed by atoms with E-state index in [-0.39, 0.29) is 25.7 Å². The van der Waals surface area contributed by atoms with E-state index in [1.807, 2.05) is 0 Å². The van der Waals surface area contributed by atoms with Gasteiger partial charge in [-0.3, -0.25) is 37.3 Å².